The molecule has 0 saturated carbocycles. The molecule has 0 aliphatic heterocycles. The molecule has 0 spiro atoms. The van der Waals surface area contributed by atoms with Gasteiger partial charge in [0.2, 0.25) is 0 Å². The van der Waals surface area contributed by atoms with Gasteiger partial charge in [0.1, 0.15) is 5.82 Å². The van der Waals surface area contributed by atoms with Crippen molar-refractivity contribution in [2.45, 2.75) is 46.0 Å². The highest BCUT2D eigenvalue weighted by molar-refractivity contribution is 5.64. The molecule has 0 aliphatic carbocycles. The summed E-state index contributed by atoms with van der Waals surface area (Å²) in [7, 11) is 0. The average molecular weight is 270 g/mol. The maximum Gasteiger partial charge on any atom is 0.131 e. The molecule has 0 aliphatic rings. The van der Waals surface area contributed by atoms with Crippen LogP contribution in [0.3, 0.4) is 0 Å². The van der Waals surface area contributed by atoms with Crippen molar-refractivity contribution in [2.75, 3.05) is 0 Å². The van der Waals surface area contributed by atoms with E-state index in [0.717, 1.165) is 30.4 Å². The van der Waals surface area contributed by atoms with Gasteiger partial charge in [-0.2, -0.15) is 0 Å². The predicted molar refractivity (Wildman–Crippen MR) is 84.4 cm³/mol. The van der Waals surface area contributed by atoms with Crippen LogP contribution in [0, 0.1) is 5.82 Å². The van der Waals surface area contributed by atoms with Crippen LogP contribution in [-0.2, 0) is 12.8 Å². The van der Waals surface area contributed by atoms with Crippen LogP contribution in [-0.4, -0.2) is 0 Å². The lowest BCUT2D eigenvalue weighted by Gasteiger charge is -2.07. The lowest BCUT2D eigenvalue weighted by atomic mass is 9.99. The van der Waals surface area contributed by atoms with E-state index >= 15 is 0 Å². The Bertz CT molecular complexity index is 540. The van der Waals surface area contributed by atoms with Gasteiger partial charge in [0.05, 0.1) is 0 Å². The maximum absolute atomic E-state index is 14.2. The molecule has 0 heterocycles. The van der Waals surface area contributed by atoms with Gasteiger partial charge >= 0.3 is 0 Å². The minimum atomic E-state index is -0.108. The molecule has 0 aromatic heterocycles. The molecule has 0 nitrogen and oxygen atoms in total. The van der Waals surface area contributed by atoms with Gasteiger partial charge in [0, 0.05) is 5.56 Å². The number of benzene rings is 2. The molecule has 0 atom stereocenters. The second-order valence-corrected chi connectivity index (χ2v) is 5.32. The first-order chi connectivity index (χ1) is 9.74. The van der Waals surface area contributed by atoms with Gasteiger partial charge in [-0.25, -0.2) is 4.39 Å². The van der Waals surface area contributed by atoms with Crippen LogP contribution in [0.15, 0.2) is 42.5 Å². The maximum atomic E-state index is 14.2. The fourth-order valence-corrected chi connectivity index (χ4v) is 2.45. The van der Waals surface area contributed by atoms with E-state index in [4.69, 9.17) is 0 Å². The number of unbranched alkanes of at least 4 members (excludes halogenated alkanes) is 2. The molecule has 0 fully saturated rings. The molecule has 0 N–H and O–H groups in total. The zero-order valence-electron chi connectivity index (χ0n) is 12.5. The van der Waals surface area contributed by atoms with Crippen molar-refractivity contribution in [1.29, 1.82) is 0 Å². The predicted octanol–water partition coefficient (Wildman–Crippen LogP) is 5.79. The fourth-order valence-electron chi connectivity index (χ4n) is 2.45. The van der Waals surface area contributed by atoms with E-state index in [9.17, 15) is 4.39 Å². The largest absolute Gasteiger partial charge is 0.206 e. The summed E-state index contributed by atoms with van der Waals surface area (Å²) in [6.45, 7) is 4.31. The number of aryl methyl sites for hydroxylation is 2. The van der Waals surface area contributed by atoms with Crippen molar-refractivity contribution in [3.63, 3.8) is 0 Å². The first kappa shape index (κ1) is 14.8. The van der Waals surface area contributed by atoms with Gasteiger partial charge in [-0.1, -0.05) is 63.1 Å². The molecule has 0 saturated heterocycles. The second-order valence-electron chi connectivity index (χ2n) is 5.32. The summed E-state index contributed by atoms with van der Waals surface area (Å²) < 4.78 is 14.2. The monoisotopic (exact) mass is 270 g/mol. The SMILES string of the molecule is CCCCCc1ccc(-c2ccc(CC)cc2)c(F)c1. The third-order valence-electron chi connectivity index (χ3n) is 3.78. The molecule has 2 rings (SSSR count). The van der Waals surface area contributed by atoms with Crippen LogP contribution >= 0.6 is 0 Å². The van der Waals surface area contributed by atoms with Gasteiger partial charge in [-0.05, 0) is 42.0 Å². The quantitative estimate of drug-likeness (QED) is 0.583. The van der Waals surface area contributed by atoms with Crippen molar-refractivity contribution in [2.24, 2.45) is 0 Å². The molecule has 2 aromatic carbocycles. The van der Waals surface area contributed by atoms with Crippen molar-refractivity contribution in [1.82, 2.24) is 0 Å². The summed E-state index contributed by atoms with van der Waals surface area (Å²) in [6, 6.07) is 13.8. The van der Waals surface area contributed by atoms with E-state index < -0.39 is 0 Å². The smallest absolute Gasteiger partial charge is 0.131 e. The van der Waals surface area contributed by atoms with Crippen LogP contribution in [0.5, 0.6) is 0 Å². The van der Waals surface area contributed by atoms with Crippen LogP contribution in [0.25, 0.3) is 11.1 Å². The number of halogens is 1. The van der Waals surface area contributed by atoms with Gasteiger partial charge in [0.25, 0.3) is 0 Å². The van der Waals surface area contributed by atoms with Crippen molar-refractivity contribution in [3.8, 4) is 11.1 Å². The first-order valence-electron chi connectivity index (χ1n) is 7.62. The molecule has 2 aromatic rings. The van der Waals surface area contributed by atoms with Crippen LogP contribution in [0.2, 0.25) is 0 Å². The third-order valence-corrected chi connectivity index (χ3v) is 3.78. The highest BCUT2D eigenvalue weighted by Crippen LogP contribution is 2.24. The Balaban J connectivity index is 2.15. The Labute approximate surface area is 121 Å². The number of rotatable bonds is 6. The molecular formula is C19H23F. The second kappa shape index (κ2) is 7.23. The number of hydrogen-bond donors (Lipinski definition) is 0. The molecule has 0 amide bonds. The van der Waals surface area contributed by atoms with E-state index in [1.165, 1.54) is 18.4 Å². The van der Waals surface area contributed by atoms with Gasteiger partial charge < -0.3 is 0 Å². The lowest BCUT2D eigenvalue weighted by Crippen LogP contribution is -1.91. The molecule has 0 unspecified atom stereocenters. The van der Waals surface area contributed by atoms with E-state index in [1.54, 1.807) is 6.07 Å². The molecular weight excluding hydrogens is 247 g/mol. The van der Waals surface area contributed by atoms with Gasteiger partial charge in [0.15, 0.2) is 0 Å². The zero-order valence-corrected chi connectivity index (χ0v) is 12.5. The highest BCUT2D eigenvalue weighted by atomic mass is 19.1. The van der Waals surface area contributed by atoms with E-state index in [1.807, 2.05) is 18.2 Å². The summed E-state index contributed by atoms with van der Waals surface area (Å²) in [5.41, 5.74) is 4.04. The van der Waals surface area contributed by atoms with Crippen LogP contribution in [0.4, 0.5) is 4.39 Å². The fraction of sp³-hybridized carbons (Fsp3) is 0.368. The lowest BCUT2D eigenvalue weighted by molar-refractivity contribution is 0.626. The van der Waals surface area contributed by atoms with E-state index in [-0.39, 0.29) is 5.82 Å². The average Bonchev–Trinajstić information content (AvgIpc) is 2.48. The van der Waals surface area contributed by atoms with E-state index in [0.29, 0.717) is 5.56 Å². The molecule has 20 heavy (non-hydrogen) atoms. The van der Waals surface area contributed by atoms with Crippen molar-refractivity contribution in [3.05, 3.63) is 59.4 Å². The Morgan fingerprint density at radius 3 is 2.15 bits per heavy atom. The van der Waals surface area contributed by atoms with Crippen LogP contribution < -0.4 is 0 Å². The first-order valence-corrected chi connectivity index (χ1v) is 7.62. The Morgan fingerprint density at radius 1 is 0.850 bits per heavy atom. The topological polar surface area (TPSA) is 0 Å². The van der Waals surface area contributed by atoms with Crippen molar-refractivity contribution >= 4 is 0 Å². The number of hydrogen-bond acceptors (Lipinski definition) is 0. The van der Waals surface area contributed by atoms with Crippen LogP contribution in [0.1, 0.15) is 44.2 Å². The normalized spacial score (nSPS) is 10.8. The summed E-state index contributed by atoms with van der Waals surface area (Å²) >= 11 is 0. The summed E-state index contributed by atoms with van der Waals surface area (Å²) in [6.07, 6.45) is 5.53. The minimum Gasteiger partial charge on any atom is -0.206 e. The zero-order chi connectivity index (χ0) is 14.4. The summed E-state index contributed by atoms with van der Waals surface area (Å²) in [5, 5.41) is 0. The molecule has 1 heteroatoms. The van der Waals surface area contributed by atoms with Gasteiger partial charge in [-0.3, -0.25) is 0 Å². The molecule has 0 bridgehead atoms. The van der Waals surface area contributed by atoms with Crippen molar-refractivity contribution < 1.29 is 4.39 Å². The van der Waals surface area contributed by atoms with E-state index in [2.05, 4.69) is 32.0 Å². The highest BCUT2D eigenvalue weighted by Gasteiger charge is 2.06. The minimum absolute atomic E-state index is 0.108. The Hall–Kier alpha value is -1.63. The summed E-state index contributed by atoms with van der Waals surface area (Å²) in [5.74, 6) is -0.108. The standard InChI is InChI=1S/C19H23F/c1-3-5-6-7-16-10-13-18(19(20)14-16)17-11-8-15(4-2)9-12-17/h8-14H,3-7H2,1-2H3. The Kier molecular flexibility index (Phi) is 5.34. The van der Waals surface area contributed by atoms with Gasteiger partial charge in [-0.15, -0.1) is 0 Å². The summed E-state index contributed by atoms with van der Waals surface area (Å²) in [4.78, 5) is 0. The third kappa shape index (κ3) is 3.69. The molecule has 0 radical (unpaired) electrons. The Morgan fingerprint density at radius 2 is 1.55 bits per heavy atom. The molecule has 106 valence electrons.